The van der Waals surface area contributed by atoms with Crippen LogP contribution >= 0.6 is 15.9 Å². The average Bonchev–Trinajstić information content (AvgIpc) is 2.21. The Morgan fingerprint density at radius 1 is 1.47 bits per heavy atom. The van der Waals surface area contributed by atoms with Gasteiger partial charge in [-0.15, -0.1) is 0 Å². The van der Waals surface area contributed by atoms with Gasteiger partial charge in [-0.25, -0.2) is 0 Å². The monoisotopic (exact) mass is 275 g/mol. The van der Waals surface area contributed by atoms with Crippen molar-refractivity contribution in [2.75, 3.05) is 0 Å². The van der Waals surface area contributed by atoms with Gasteiger partial charge in [-0.3, -0.25) is 4.79 Å². The standard InChI is InChI=1S/C12H22BrNO/c1-3-6-9(2)12(15)14-11-8-5-4-7-10(11)13/h9-11H,3-8H2,1-2H3,(H,14,15). The lowest BCUT2D eigenvalue weighted by Gasteiger charge is -2.29. The summed E-state index contributed by atoms with van der Waals surface area (Å²) in [5, 5.41) is 3.17. The molecule has 0 aromatic heterocycles. The fourth-order valence-electron chi connectivity index (χ4n) is 2.14. The molecule has 1 aliphatic rings. The van der Waals surface area contributed by atoms with E-state index in [0.717, 1.165) is 19.3 Å². The maximum atomic E-state index is 11.8. The topological polar surface area (TPSA) is 29.1 Å². The van der Waals surface area contributed by atoms with Crippen molar-refractivity contribution in [3.63, 3.8) is 0 Å². The fourth-order valence-corrected chi connectivity index (χ4v) is 2.86. The molecule has 88 valence electrons. The van der Waals surface area contributed by atoms with E-state index in [4.69, 9.17) is 0 Å². The van der Waals surface area contributed by atoms with Crippen LogP contribution in [0.1, 0.15) is 52.4 Å². The van der Waals surface area contributed by atoms with E-state index in [1.165, 1.54) is 19.3 Å². The summed E-state index contributed by atoms with van der Waals surface area (Å²) in [5.74, 6) is 0.393. The van der Waals surface area contributed by atoms with E-state index in [1.54, 1.807) is 0 Å². The van der Waals surface area contributed by atoms with Gasteiger partial charge in [-0.05, 0) is 19.3 Å². The first kappa shape index (κ1) is 13.0. The Labute approximate surface area is 101 Å². The molecule has 1 rings (SSSR count). The normalized spacial score (nSPS) is 28.5. The highest BCUT2D eigenvalue weighted by Gasteiger charge is 2.25. The average molecular weight is 276 g/mol. The molecule has 3 atom stereocenters. The Balaban J connectivity index is 2.35. The summed E-state index contributed by atoms with van der Waals surface area (Å²) in [7, 11) is 0. The van der Waals surface area contributed by atoms with Crippen LogP contribution in [0.2, 0.25) is 0 Å². The Kier molecular flexibility index (Phi) is 5.65. The Morgan fingerprint density at radius 3 is 2.73 bits per heavy atom. The van der Waals surface area contributed by atoms with Crippen LogP contribution in [-0.2, 0) is 4.79 Å². The minimum Gasteiger partial charge on any atom is -0.352 e. The quantitative estimate of drug-likeness (QED) is 0.785. The number of alkyl halides is 1. The van der Waals surface area contributed by atoms with E-state index >= 15 is 0 Å². The van der Waals surface area contributed by atoms with Crippen LogP contribution in [0.4, 0.5) is 0 Å². The highest BCUT2D eigenvalue weighted by atomic mass is 79.9. The smallest absolute Gasteiger partial charge is 0.223 e. The maximum Gasteiger partial charge on any atom is 0.223 e. The summed E-state index contributed by atoms with van der Waals surface area (Å²) in [6.45, 7) is 4.14. The Hall–Kier alpha value is -0.0500. The molecule has 0 aliphatic heterocycles. The van der Waals surface area contributed by atoms with Crippen molar-refractivity contribution in [2.24, 2.45) is 5.92 Å². The van der Waals surface area contributed by atoms with Gasteiger partial charge in [0.2, 0.25) is 5.91 Å². The fraction of sp³-hybridized carbons (Fsp3) is 0.917. The van der Waals surface area contributed by atoms with Crippen molar-refractivity contribution in [3.8, 4) is 0 Å². The lowest BCUT2D eigenvalue weighted by molar-refractivity contribution is -0.125. The molecule has 15 heavy (non-hydrogen) atoms. The van der Waals surface area contributed by atoms with Crippen molar-refractivity contribution in [1.82, 2.24) is 5.32 Å². The number of nitrogens with one attached hydrogen (secondary N) is 1. The van der Waals surface area contributed by atoms with Crippen molar-refractivity contribution in [2.45, 2.75) is 63.2 Å². The summed E-state index contributed by atoms with van der Waals surface area (Å²) in [6, 6.07) is 0.352. The lowest BCUT2D eigenvalue weighted by Crippen LogP contribution is -2.44. The molecule has 1 aliphatic carbocycles. The van der Waals surface area contributed by atoms with Crippen LogP contribution in [0.15, 0.2) is 0 Å². The molecule has 1 N–H and O–H groups in total. The molecule has 0 spiro atoms. The van der Waals surface area contributed by atoms with Crippen LogP contribution in [0, 0.1) is 5.92 Å². The third kappa shape index (κ3) is 4.13. The van der Waals surface area contributed by atoms with Crippen molar-refractivity contribution >= 4 is 21.8 Å². The molecule has 0 saturated heterocycles. The van der Waals surface area contributed by atoms with E-state index in [1.807, 2.05) is 6.92 Å². The van der Waals surface area contributed by atoms with Crippen LogP contribution in [0.5, 0.6) is 0 Å². The molecule has 0 radical (unpaired) electrons. The van der Waals surface area contributed by atoms with E-state index in [9.17, 15) is 4.79 Å². The SMILES string of the molecule is CCCC(C)C(=O)NC1CCCCC1Br. The largest absolute Gasteiger partial charge is 0.352 e. The second-order valence-corrected chi connectivity index (χ2v) is 5.78. The molecule has 3 unspecified atom stereocenters. The highest BCUT2D eigenvalue weighted by molar-refractivity contribution is 9.09. The van der Waals surface area contributed by atoms with Gasteiger partial charge in [-0.1, -0.05) is 49.0 Å². The van der Waals surface area contributed by atoms with Crippen LogP contribution < -0.4 is 5.32 Å². The number of halogens is 1. The number of rotatable bonds is 4. The number of hydrogen-bond acceptors (Lipinski definition) is 1. The minimum absolute atomic E-state index is 0.164. The van der Waals surface area contributed by atoms with Gasteiger partial charge < -0.3 is 5.32 Å². The summed E-state index contributed by atoms with van der Waals surface area (Å²) in [6.07, 6.45) is 6.91. The highest BCUT2D eigenvalue weighted by Crippen LogP contribution is 2.24. The molecule has 0 bridgehead atoms. The number of carbonyl (C=O) groups is 1. The molecule has 1 amide bonds. The number of amides is 1. The third-order valence-electron chi connectivity index (χ3n) is 3.18. The van der Waals surface area contributed by atoms with Gasteiger partial charge in [0.1, 0.15) is 0 Å². The zero-order valence-electron chi connectivity index (χ0n) is 9.76. The zero-order chi connectivity index (χ0) is 11.3. The second-order valence-electron chi connectivity index (χ2n) is 4.61. The predicted octanol–water partition coefficient (Wildman–Crippen LogP) is 3.24. The molecule has 0 aromatic rings. The van der Waals surface area contributed by atoms with Gasteiger partial charge in [0.05, 0.1) is 0 Å². The Morgan fingerprint density at radius 2 is 2.13 bits per heavy atom. The first-order chi connectivity index (χ1) is 7.15. The molecule has 1 saturated carbocycles. The van der Waals surface area contributed by atoms with E-state index in [2.05, 4.69) is 28.2 Å². The van der Waals surface area contributed by atoms with Gasteiger partial charge in [0.15, 0.2) is 0 Å². The van der Waals surface area contributed by atoms with Gasteiger partial charge in [-0.2, -0.15) is 0 Å². The number of hydrogen-bond donors (Lipinski definition) is 1. The van der Waals surface area contributed by atoms with Gasteiger partial charge in [0.25, 0.3) is 0 Å². The minimum atomic E-state index is 0.164. The van der Waals surface area contributed by atoms with Crippen LogP contribution in [0.25, 0.3) is 0 Å². The van der Waals surface area contributed by atoms with Crippen molar-refractivity contribution in [3.05, 3.63) is 0 Å². The summed E-state index contributed by atoms with van der Waals surface area (Å²) < 4.78 is 0. The van der Waals surface area contributed by atoms with Crippen LogP contribution in [0.3, 0.4) is 0 Å². The van der Waals surface area contributed by atoms with Crippen LogP contribution in [-0.4, -0.2) is 16.8 Å². The summed E-state index contributed by atoms with van der Waals surface area (Å²) in [4.78, 5) is 12.3. The molecule has 0 aromatic carbocycles. The van der Waals surface area contributed by atoms with Gasteiger partial charge in [0, 0.05) is 16.8 Å². The van der Waals surface area contributed by atoms with Gasteiger partial charge >= 0.3 is 0 Å². The molecule has 2 nitrogen and oxygen atoms in total. The molecular formula is C12H22BrNO. The van der Waals surface area contributed by atoms with Crippen molar-refractivity contribution < 1.29 is 4.79 Å². The molecule has 0 heterocycles. The van der Waals surface area contributed by atoms with E-state index < -0.39 is 0 Å². The van der Waals surface area contributed by atoms with E-state index in [0.29, 0.717) is 10.9 Å². The summed E-state index contributed by atoms with van der Waals surface area (Å²) >= 11 is 3.66. The molecule has 1 fully saturated rings. The van der Waals surface area contributed by atoms with E-state index in [-0.39, 0.29) is 11.8 Å². The second kappa shape index (κ2) is 6.51. The van der Waals surface area contributed by atoms with Crippen molar-refractivity contribution in [1.29, 1.82) is 0 Å². The number of carbonyl (C=O) groups excluding carboxylic acids is 1. The third-order valence-corrected chi connectivity index (χ3v) is 4.27. The zero-order valence-corrected chi connectivity index (χ0v) is 11.3. The predicted molar refractivity (Wildman–Crippen MR) is 67.2 cm³/mol. The summed E-state index contributed by atoms with van der Waals surface area (Å²) in [5.41, 5.74) is 0. The first-order valence-corrected chi connectivity index (χ1v) is 7.01. The first-order valence-electron chi connectivity index (χ1n) is 6.09. The molecular weight excluding hydrogens is 254 g/mol. The maximum absolute atomic E-state index is 11.8. The molecule has 3 heteroatoms. The Bertz CT molecular complexity index is 208. The lowest BCUT2D eigenvalue weighted by atomic mass is 9.94.